The Balaban J connectivity index is 2.14. The second kappa shape index (κ2) is 7.17. The average Bonchev–Trinajstić information content (AvgIpc) is 2.47. The summed E-state index contributed by atoms with van der Waals surface area (Å²) in [6, 6.07) is 13.4. The summed E-state index contributed by atoms with van der Waals surface area (Å²) >= 11 is 6.01. The van der Waals surface area contributed by atoms with Gasteiger partial charge in [0, 0.05) is 10.6 Å². The second-order valence-electron chi connectivity index (χ2n) is 4.39. The van der Waals surface area contributed by atoms with Crippen LogP contribution in [0.15, 0.2) is 42.5 Å². The highest BCUT2D eigenvalue weighted by Gasteiger charge is 2.07. The van der Waals surface area contributed by atoms with Crippen LogP contribution in [0.4, 0.5) is 0 Å². The van der Waals surface area contributed by atoms with E-state index in [0.717, 1.165) is 29.0 Å². The molecule has 0 radical (unpaired) electrons. The molecule has 0 amide bonds. The molecule has 2 aromatic rings. The van der Waals surface area contributed by atoms with Crippen LogP contribution in [0.5, 0.6) is 11.5 Å². The summed E-state index contributed by atoms with van der Waals surface area (Å²) in [7, 11) is 1.63. The number of methoxy groups -OCH3 is 1. The van der Waals surface area contributed by atoms with Crippen LogP contribution in [-0.4, -0.2) is 13.7 Å². The topological polar surface area (TPSA) is 44.5 Å². The third-order valence-corrected chi connectivity index (χ3v) is 3.25. The molecular weight excluding hydrogens is 274 g/mol. The van der Waals surface area contributed by atoms with E-state index in [-0.39, 0.29) is 0 Å². The molecule has 0 heterocycles. The summed E-state index contributed by atoms with van der Waals surface area (Å²) in [5, 5.41) is 0.666. The van der Waals surface area contributed by atoms with Crippen LogP contribution in [-0.2, 0) is 13.0 Å². The molecule has 4 heteroatoms. The molecule has 2 rings (SSSR count). The molecule has 0 unspecified atom stereocenters. The lowest BCUT2D eigenvalue weighted by Gasteiger charge is -2.13. The van der Waals surface area contributed by atoms with Gasteiger partial charge in [0.1, 0.15) is 18.1 Å². The SMILES string of the molecule is COc1ccc(Cl)cc1COc1ccccc1CCN. The molecule has 106 valence electrons. The summed E-state index contributed by atoms with van der Waals surface area (Å²) in [5.74, 6) is 1.62. The minimum absolute atomic E-state index is 0.408. The molecule has 0 bridgehead atoms. The van der Waals surface area contributed by atoms with Crippen molar-refractivity contribution in [2.24, 2.45) is 5.73 Å². The fourth-order valence-electron chi connectivity index (χ4n) is 2.02. The predicted molar refractivity (Wildman–Crippen MR) is 81.5 cm³/mol. The number of ether oxygens (including phenoxy) is 2. The maximum absolute atomic E-state index is 6.01. The lowest BCUT2D eigenvalue weighted by atomic mass is 10.1. The minimum atomic E-state index is 0.408. The monoisotopic (exact) mass is 291 g/mol. The highest BCUT2D eigenvalue weighted by molar-refractivity contribution is 6.30. The molecule has 0 spiro atoms. The van der Waals surface area contributed by atoms with Gasteiger partial charge in [-0.3, -0.25) is 0 Å². The summed E-state index contributed by atoms with van der Waals surface area (Å²) < 4.78 is 11.2. The third kappa shape index (κ3) is 3.65. The Hall–Kier alpha value is -1.71. The van der Waals surface area contributed by atoms with Crippen LogP contribution >= 0.6 is 11.6 Å². The number of para-hydroxylation sites is 1. The van der Waals surface area contributed by atoms with Gasteiger partial charge in [0.15, 0.2) is 0 Å². The van der Waals surface area contributed by atoms with Crippen molar-refractivity contribution in [1.82, 2.24) is 0 Å². The summed E-state index contributed by atoms with van der Waals surface area (Å²) in [6.07, 6.45) is 0.794. The van der Waals surface area contributed by atoms with Gasteiger partial charge in [0.25, 0.3) is 0 Å². The Labute approximate surface area is 124 Å². The molecule has 0 aromatic heterocycles. The number of hydrogen-bond acceptors (Lipinski definition) is 3. The van der Waals surface area contributed by atoms with Crippen LogP contribution in [0, 0.1) is 0 Å². The van der Waals surface area contributed by atoms with Gasteiger partial charge in [0.2, 0.25) is 0 Å². The molecule has 0 fully saturated rings. The van der Waals surface area contributed by atoms with E-state index in [2.05, 4.69) is 0 Å². The van der Waals surface area contributed by atoms with Gasteiger partial charge >= 0.3 is 0 Å². The van der Waals surface area contributed by atoms with Gasteiger partial charge in [-0.25, -0.2) is 0 Å². The number of benzene rings is 2. The fourth-order valence-corrected chi connectivity index (χ4v) is 2.22. The van der Waals surface area contributed by atoms with Crippen molar-refractivity contribution in [3.8, 4) is 11.5 Å². The van der Waals surface area contributed by atoms with E-state index in [9.17, 15) is 0 Å². The van der Waals surface area contributed by atoms with Crippen molar-refractivity contribution in [1.29, 1.82) is 0 Å². The van der Waals surface area contributed by atoms with E-state index in [0.29, 0.717) is 18.2 Å². The van der Waals surface area contributed by atoms with Gasteiger partial charge in [-0.05, 0) is 42.8 Å². The molecular formula is C16H18ClNO2. The minimum Gasteiger partial charge on any atom is -0.496 e. The highest BCUT2D eigenvalue weighted by Crippen LogP contribution is 2.25. The maximum atomic E-state index is 6.01. The maximum Gasteiger partial charge on any atom is 0.125 e. The van der Waals surface area contributed by atoms with Crippen LogP contribution in [0.3, 0.4) is 0 Å². The molecule has 0 aliphatic heterocycles. The van der Waals surface area contributed by atoms with Gasteiger partial charge in [0.05, 0.1) is 7.11 Å². The van der Waals surface area contributed by atoms with Gasteiger partial charge in [-0.2, -0.15) is 0 Å². The zero-order chi connectivity index (χ0) is 14.4. The smallest absolute Gasteiger partial charge is 0.125 e. The quantitative estimate of drug-likeness (QED) is 0.887. The van der Waals surface area contributed by atoms with E-state index < -0.39 is 0 Å². The molecule has 0 aliphatic carbocycles. The average molecular weight is 292 g/mol. The molecule has 0 aliphatic rings. The summed E-state index contributed by atoms with van der Waals surface area (Å²) in [6.45, 7) is 1.01. The first-order valence-corrected chi connectivity index (χ1v) is 6.85. The Morgan fingerprint density at radius 3 is 2.60 bits per heavy atom. The molecule has 0 saturated heterocycles. The summed E-state index contributed by atoms with van der Waals surface area (Å²) in [4.78, 5) is 0. The van der Waals surface area contributed by atoms with E-state index in [1.165, 1.54) is 0 Å². The van der Waals surface area contributed by atoms with E-state index >= 15 is 0 Å². The van der Waals surface area contributed by atoms with Crippen molar-refractivity contribution in [3.05, 3.63) is 58.6 Å². The van der Waals surface area contributed by atoms with Crippen molar-refractivity contribution >= 4 is 11.6 Å². The third-order valence-electron chi connectivity index (χ3n) is 3.01. The first kappa shape index (κ1) is 14.7. The Bertz CT molecular complexity index is 572. The molecule has 0 atom stereocenters. The molecule has 2 aromatic carbocycles. The molecule has 20 heavy (non-hydrogen) atoms. The van der Waals surface area contributed by atoms with Crippen molar-refractivity contribution < 1.29 is 9.47 Å². The lowest BCUT2D eigenvalue weighted by Crippen LogP contribution is -2.05. The Morgan fingerprint density at radius 2 is 1.85 bits per heavy atom. The van der Waals surface area contributed by atoms with Gasteiger partial charge in [-0.15, -0.1) is 0 Å². The summed E-state index contributed by atoms with van der Waals surface area (Å²) in [5.41, 5.74) is 7.64. The number of halogens is 1. The number of hydrogen-bond donors (Lipinski definition) is 1. The first-order valence-electron chi connectivity index (χ1n) is 6.47. The van der Waals surface area contributed by atoms with E-state index in [1.54, 1.807) is 13.2 Å². The first-order chi connectivity index (χ1) is 9.74. The number of rotatable bonds is 6. The van der Waals surface area contributed by atoms with Crippen LogP contribution in [0.1, 0.15) is 11.1 Å². The predicted octanol–water partition coefficient (Wildman–Crippen LogP) is 3.43. The van der Waals surface area contributed by atoms with Crippen LogP contribution in [0.25, 0.3) is 0 Å². The molecule has 0 saturated carbocycles. The van der Waals surface area contributed by atoms with Crippen molar-refractivity contribution in [2.75, 3.05) is 13.7 Å². The lowest BCUT2D eigenvalue weighted by molar-refractivity contribution is 0.294. The largest absolute Gasteiger partial charge is 0.496 e. The number of nitrogens with two attached hydrogens (primary N) is 1. The zero-order valence-electron chi connectivity index (χ0n) is 11.4. The highest BCUT2D eigenvalue weighted by atomic mass is 35.5. The van der Waals surface area contributed by atoms with Crippen LogP contribution in [0.2, 0.25) is 5.02 Å². The van der Waals surface area contributed by atoms with Gasteiger partial charge < -0.3 is 15.2 Å². The Kier molecular flexibility index (Phi) is 5.27. The standard InChI is InChI=1S/C16H18ClNO2/c1-19-15-7-6-14(17)10-13(15)11-20-16-5-3-2-4-12(16)8-9-18/h2-7,10H,8-9,11,18H2,1H3. The second-order valence-corrected chi connectivity index (χ2v) is 4.83. The molecule has 3 nitrogen and oxygen atoms in total. The molecule has 2 N–H and O–H groups in total. The van der Waals surface area contributed by atoms with Crippen molar-refractivity contribution in [3.63, 3.8) is 0 Å². The fraction of sp³-hybridized carbons (Fsp3) is 0.250. The zero-order valence-corrected chi connectivity index (χ0v) is 12.2. The van der Waals surface area contributed by atoms with E-state index in [1.807, 2.05) is 36.4 Å². The van der Waals surface area contributed by atoms with Crippen molar-refractivity contribution in [2.45, 2.75) is 13.0 Å². The normalized spacial score (nSPS) is 10.3. The van der Waals surface area contributed by atoms with Crippen LogP contribution < -0.4 is 15.2 Å². The Morgan fingerprint density at radius 1 is 1.05 bits per heavy atom. The van der Waals surface area contributed by atoms with Gasteiger partial charge in [-0.1, -0.05) is 29.8 Å². The van der Waals surface area contributed by atoms with E-state index in [4.69, 9.17) is 26.8 Å².